The molecule has 0 atom stereocenters. The van der Waals surface area contributed by atoms with Crippen molar-refractivity contribution in [1.29, 1.82) is 0 Å². The Morgan fingerprint density at radius 2 is 1.73 bits per heavy atom. The Bertz CT molecular complexity index is 643. The van der Waals surface area contributed by atoms with Crippen LogP contribution < -0.4 is 10.6 Å². The predicted molar refractivity (Wildman–Crippen MR) is 94.3 cm³/mol. The molecule has 1 aliphatic heterocycles. The van der Waals surface area contributed by atoms with Gasteiger partial charge in [-0.1, -0.05) is 24.3 Å². The SMILES string of the molecule is Cc1cccc(N2CCN(Cc3ccc(N)c(C)c3)CC2)c1. The first-order chi connectivity index (χ1) is 10.6. The van der Waals surface area contributed by atoms with E-state index in [-0.39, 0.29) is 0 Å². The van der Waals surface area contributed by atoms with Gasteiger partial charge < -0.3 is 10.6 Å². The Kier molecular flexibility index (Phi) is 4.34. The van der Waals surface area contributed by atoms with E-state index in [9.17, 15) is 0 Å². The van der Waals surface area contributed by atoms with Gasteiger partial charge in [-0.2, -0.15) is 0 Å². The number of anilines is 2. The van der Waals surface area contributed by atoms with Crippen molar-refractivity contribution >= 4 is 11.4 Å². The van der Waals surface area contributed by atoms with Gasteiger partial charge in [-0.25, -0.2) is 0 Å². The van der Waals surface area contributed by atoms with Crippen LogP contribution in [0.15, 0.2) is 42.5 Å². The summed E-state index contributed by atoms with van der Waals surface area (Å²) in [7, 11) is 0. The topological polar surface area (TPSA) is 32.5 Å². The Balaban J connectivity index is 1.58. The summed E-state index contributed by atoms with van der Waals surface area (Å²) in [6.45, 7) is 9.66. The second-order valence-electron chi connectivity index (χ2n) is 6.29. The van der Waals surface area contributed by atoms with Gasteiger partial charge in [-0.3, -0.25) is 4.90 Å². The molecule has 0 saturated carbocycles. The largest absolute Gasteiger partial charge is 0.399 e. The first kappa shape index (κ1) is 14.9. The van der Waals surface area contributed by atoms with Crippen LogP contribution in [0.4, 0.5) is 11.4 Å². The van der Waals surface area contributed by atoms with Gasteiger partial charge in [-0.05, 0) is 48.7 Å². The van der Waals surface area contributed by atoms with E-state index < -0.39 is 0 Å². The minimum absolute atomic E-state index is 0.882. The highest BCUT2D eigenvalue weighted by Gasteiger charge is 2.17. The van der Waals surface area contributed by atoms with Gasteiger partial charge in [0.25, 0.3) is 0 Å². The molecule has 3 heteroatoms. The van der Waals surface area contributed by atoms with Gasteiger partial charge in [0, 0.05) is 44.1 Å². The lowest BCUT2D eigenvalue weighted by atomic mass is 10.1. The van der Waals surface area contributed by atoms with Crippen LogP contribution in [0.3, 0.4) is 0 Å². The number of piperazine rings is 1. The van der Waals surface area contributed by atoms with E-state index in [4.69, 9.17) is 5.73 Å². The molecule has 116 valence electrons. The molecule has 0 bridgehead atoms. The minimum atomic E-state index is 0.882. The zero-order chi connectivity index (χ0) is 15.5. The molecular formula is C19H25N3. The molecule has 1 fully saturated rings. The second kappa shape index (κ2) is 6.41. The van der Waals surface area contributed by atoms with Crippen molar-refractivity contribution in [1.82, 2.24) is 4.90 Å². The number of rotatable bonds is 3. The third-order valence-electron chi connectivity index (χ3n) is 4.48. The fourth-order valence-electron chi connectivity index (χ4n) is 3.08. The molecule has 1 aliphatic rings. The van der Waals surface area contributed by atoms with E-state index in [1.54, 1.807) is 0 Å². The van der Waals surface area contributed by atoms with E-state index in [0.29, 0.717) is 0 Å². The van der Waals surface area contributed by atoms with Crippen LogP contribution in [-0.2, 0) is 6.54 Å². The van der Waals surface area contributed by atoms with E-state index in [1.807, 2.05) is 6.07 Å². The van der Waals surface area contributed by atoms with Crippen molar-refractivity contribution in [2.24, 2.45) is 0 Å². The zero-order valence-corrected chi connectivity index (χ0v) is 13.5. The zero-order valence-electron chi connectivity index (χ0n) is 13.5. The number of nitrogens with two attached hydrogens (primary N) is 1. The summed E-state index contributed by atoms with van der Waals surface area (Å²) in [6.07, 6.45) is 0. The molecule has 1 saturated heterocycles. The van der Waals surface area contributed by atoms with E-state index in [2.05, 4.69) is 60.0 Å². The smallest absolute Gasteiger partial charge is 0.0369 e. The summed E-state index contributed by atoms with van der Waals surface area (Å²) < 4.78 is 0. The third-order valence-corrected chi connectivity index (χ3v) is 4.48. The summed E-state index contributed by atoms with van der Waals surface area (Å²) in [6, 6.07) is 15.2. The molecule has 0 amide bonds. The number of hydrogen-bond donors (Lipinski definition) is 1. The second-order valence-corrected chi connectivity index (χ2v) is 6.29. The molecular weight excluding hydrogens is 270 g/mol. The highest BCUT2D eigenvalue weighted by atomic mass is 15.3. The maximum atomic E-state index is 5.90. The maximum Gasteiger partial charge on any atom is 0.0369 e. The Morgan fingerprint density at radius 1 is 0.955 bits per heavy atom. The Labute approximate surface area is 133 Å². The van der Waals surface area contributed by atoms with Gasteiger partial charge >= 0.3 is 0 Å². The highest BCUT2D eigenvalue weighted by molar-refractivity contribution is 5.49. The molecule has 22 heavy (non-hydrogen) atoms. The van der Waals surface area contributed by atoms with E-state index >= 15 is 0 Å². The normalized spacial score (nSPS) is 16.0. The average molecular weight is 295 g/mol. The number of nitrogen functional groups attached to an aromatic ring is 1. The van der Waals surface area contributed by atoms with Crippen molar-refractivity contribution in [2.75, 3.05) is 36.8 Å². The molecule has 3 rings (SSSR count). The molecule has 1 heterocycles. The number of aryl methyl sites for hydroxylation is 2. The molecule has 0 unspecified atom stereocenters. The Hall–Kier alpha value is -2.00. The van der Waals surface area contributed by atoms with Gasteiger partial charge in [0.05, 0.1) is 0 Å². The van der Waals surface area contributed by atoms with Crippen LogP contribution in [-0.4, -0.2) is 31.1 Å². The molecule has 0 radical (unpaired) electrons. The third kappa shape index (κ3) is 3.42. The Morgan fingerprint density at radius 3 is 2.41 bits per heavy atom. The minimum Gasteiger partial charge on any atom is -0.399 e. The molecule has 2 N–H and O–H groups in total. The molecule has 2 aromatic carbocycles. The summed E-state index contributed by atoms with van der Waals surface area (Å²) in [5, 5.41) is 0. The lowest BCUT2D eigenvalue weighted by Gasteiger charge is -2.36. The number of benzene rings is 2. The molecule has 2 aromatic rings. The monoisotopic (exact) mass is 295 g/mol. The van der Waals surface area contributed by atoms with Crippen LogP contribution in [0.1, 0.15) is 16.7 Å². The van der Waals surface area contributed by atoms with Crippen molar-refractivity contribution in [3.8, 4) is 0 Å². The van der Waals surface area contributed by atoms with Gasteiger partial charge in [0.2, 0.25) is 0 Å². The quantitative estimate of drug-likeness (QED) is 0.883. The van der Waals surface area contributed by atoms with Crippen LogP contribution in [0.25, 0.3) is 0 Å². The van der Waals surface area contributed by atoms with Crippen molar-refractivity contribution in [3.05, 3.63) is 59.2 Å². The fourth-order valence-corrected chi connectivity index (χ4v) is 3.08. The molecule has 0 aromatic heterocycles. The summed E-state index contributed by atoms with van der Waals surface area (Å²) >= 11 is 0. The van der Waals surface area contributed by atoms with Crippen LogP contribution in [0.5, 0.6) is 0 Å². The first-order valence-electron chi connectivity index (χ1n) is 8.01. The molecule has 0 aliphatic carbocycles. The van der Waals surface area contributed by atoms with Crippen molar-refractivity contribution in [3.63, 3.8) is 0 Å². The highest BCUT2D eigenvalue weighted by Crippen LogP contribution is 2.19. The maximum absolute atomic E-state index is 5.90. The van der Waals surface area contributed by atoms with Gasteiger partial charge in [0.1, 0.15) is 0 Å². The van der Waals surface area contributed by atoms with Crippen LogP contribution >= 0.6 is 0 Å². The summed E-state index contributed by atoms with van der Waals surface area (Å²) in [5.41, 5.74) is 12.0. The van der Waals surface area contributed by atoms with Gasteiger partial charge in [-0.15, -0.1) is 0 Å². The summed E-state index contributed by atoms with van der Waals surface area (Å²) in [4.78, 5) is 5.01. The summed E-state index contributed by atoms with van der Waals surface area (Å²) in [5.74, 6) is 0. The van der Waals surface area contributed by atoms with E-state index in [0.717, 1.165) is 38.4 Å². The lowest BCUT2D eigenvalue weighted by molar-refractivity contribution is 0.250. The average Bonchev–Trinajstić information content (AvgIpc) is 2.52. The fraction of sp³-hybridized carbons (Fsp3) is 0.368. The van der Waals surface area contributed by atoms with Crippen LogP contribution in [0.2, 0.25) is 0 Å². The van der Waals surface area contributed by atoms with Crippen molar-refractivity contribution < 1.29 is 0 Å². The van der Waals surface area contributed by atoms with Gasteiger partial charge in [0.15, 0.2) is 0 Å². The lowest BCUT2D eigenvalue weighted by Crippen LogP contribution is -2.46. The molecule has 0 spiro atoms. The predicted octanol–water partition coefficient (Wildman–Crippen LogP) is 3.21. The standard InChI is InChI=1S/C19H25N3/c1-15-4-3-5-18(12-15)22-10-8-21(9-11-22)14-17-6-7-19(20)16(2)13-17/h3-7,12-13H,8-11,14,20H2,1-2H3. The number of nitrogens with zero attached hydrogens (tertiary/aromatic N) is 2. The van der Waals surface area contributed by atoms with E-state index in [1.165, 1.54) is 22.4 Å². The molecule has 3 nitrogen and oxygen atoms in total. The first-order valence-corrected chi connectivity index (χ1v) is 8.01. The number of hydrogen-bond acceptors (Lipinski definition) is 3. The van der Waals surface area contributed by atoms with Crippen LogP contribution in [0, 0.1) is 13.8 Å². The van der Waals surface area contributed by atoms with Crippen molar-refractivity contribution in [2.45, 2.75) is 20.4 Å².